The Morgan fingerprint density at radius 3 is 2.81 bits per heavy atom. The monoisotopic (exact) mass is 352 g/mol. The van der Waals surface area contributed by atoms with E-state index in [1.54, 1.807) is 0 Å². The van der Waals surface area contributed by atoms with Crippen molar-refractivity contribution in [2.45, 2.75) is 18.9 Å². The summed E-state index contributed by atoms with van der Waals surface area (Å²) in [6.45, 7) is 5.09. The molecule has 2 aromatic rings. The van der Waals surface area contributed by atoms with Crippen molar-refractivity contribution < 1.29 is 4.79 Å². The van der Waals surface area contributed by atoms with Gasteiger partial charge >= 0.3 is 0 Å². The number of amides is 1. The number of piperidine rings is 3. The van der Waals surface area contributed by atoms with Crippen LogP contribution in [0.3, 0.4) is 0 Å². The Morgan fingerprint density at radius 1 is 1.27 bits per heavy atom. The summed E-state index contributed by atoms with van der Waals surface area (Å²) >= 11 is 0. The van der Waals surface area contributed by atoms with Crippen LogP contribution in [0.15, 0.2) is 23.2 Å². The molecule has 0 radical (unpaired) electrons. The second kappa shape index (κ2) is 6.09. The third-order valence-electron chi connectivity index (χ3n) is 6.07. The van der Waals surface area contributed by atoms with E-state index in [9.17, 15) is 4.79 Å². The molecule has 4 aliphatic heterocycles. The first-order valence-corrected chi connectivity index (χ1v) is 9.46. The molecular formula is C19H24N6O. The molecule has 1 aromatic carbocycles. The standard InChI is InChI=1S/C19H24N6O/c1-24-9-6-20-18(24)13-2-3-14-15(10-13)22-23-17(14)19(26)21-16-11-25-7-4-12(16)5-8-25/h2-3,10,12,16H,4-9,11H2,1H3,(H,21,26)(H,22,23)/t16-/m0/s1. The van der Waals surface area contributed by atoms with Gasteiger partial charge in [-0.1, -0.05) is 6.07 Å². The number of fused-ring (bicyclic) bond motifs is 4. The van der Waals surface area contributed by atoms with Gasteiger partial charge in [0.05, 0.1) is 12.1 Å². The smallest absolute Gasteiger partial charge is 0.272 e. The first-order chi connectivity index (χ1) is 12.7. The molecule has 0 saturated carbocycles. The number of nitrogens with zero attached hydrogens (tertiary/aromatic N) is 4. The maximum absolute atomic E-state index is 12.8. The van der Waals surface area contributed by atoms with E-state index in [-0.39, 0.29) is 11.9 Å². The molecule has 6 rings (SSSR count). The number of carbonyl (C=O) groups is 1. The van der Waals surface area contributed by atoms with Crippen LogP contribution in [0.2, 0.25) is 0 Å². The minimum Gasteiger partial charge on any atom is -0.358 e. The van der Waals surface area contributed by atoms with E-state index >= 15 is 0 Å². The first-order valence-electron chi connectivity index (χ1n) is 9.46. The molecule has 2 bridgehead atoms. The maximum atomic E-state index is 12.8. The third-order valence-corrected chi connectivity index (χ3v) is 6.07. The summed E-state index contributed by atoms with van der Waals surface area (Å²) in [4.78, 5) is 22.0. The summed E-state index contributed by atoms with van der Waals surface area (Å²) in [6.07, 6.45) is 2.37. The summed E-state index contributed by atoms with van der Waals surface area (Å²) < 4.78 is 0. The van der Waals surface area contributed by atoms with Gasteiger partial charge in [-0.25, -0.2) is 0 Å². The fourth-order valence-corrected chi connectivity index (χ4v) is 4.54. The molecule has 0 spiro atoms. The van der Waals surface area contributed by atoms with E-state index in [1.165, 1.54) is 25.9 Å². The molecule has 0 unspecified atom stereocenters. The Morgan fingerprint density at radius 2 is 2.12 bits per heavy atom. The number of hydrogen-bond acceptors (Lipinski definition) is 5. The number of aromatic nitrogens is 2. The minimum absolute atomic E-state index is 0.0712. The summed E-state index contributed by atoms with van der Waals surface area (Å²) in [7, 11) is 2.05. The van der Waals surface area contributed by atoms with Gasteiger partial charge in [0.25, 0.3) is 5.91 Å². The van der Waals surface area contributed by atoms with E-state index in [2.05, 4.69) is 37.4 Å². The van der Waals surface area contributed by atoms with Crippen LogP contribution in [-0.4, -0.2) is 77.6 Å². The number of rotatable bonds is 3. The first kappa shape index (κ1) is 15.8. The molecule has 26 heavy (non-hydrogen) atoms. The molecule has 3 saturated heterocycles. The van der Waals surface area contributed by atoms with Gasteiger partial charge in [0.2, 0.25) is 0 Å². The minimum atomic E-state index is -0.0712. The number of likely N-dealkylation sites (N-methyl/N-ethyl adjacent to an activating group) is 1. The van der Waals surface area contributed by atoms with Gasteiger partial charge in [-0.05, 0) is 44.0 Å². The van der Waals surface area contributed by atoms with Crippen LogP contribution in [0, 0.1) is 5.92 Å². The van der Waals surface area contributed by atoms with E-state index < -0.39 is 0 Å². The summed E-state index contributed by atoms with van der Waals surface area (Å²) in [5, 5.41) is 11.4. The average molecular weight is 352 g/mol. The van der Waals surface area contributed by atoms with Gasteiger partial charge in [0, 0.05) is 37.1 Å². The molecule has 136 valence electrons. The molecule has 2 N–H and O–H groups in total. The maximum Gasteiger partial charge on any atom is 0.272 e. The molecule has 5 heterocycles. The Balaban J connectivity index is 1.38. The number of H-pyrrole nitrogens is 1. The molecule has 0 aliphatic carbocycles. The zero-order chi connectivity index (χ0) is 17.7. The van der Waals surface area contributed by atoms with Crippen LogP contribution in [0.5, 0.6) is 0 Å². The molecule has 1 aromatic heterocycles. The van der Waals surface area contributed by atoms with Gasteiger partial charge in [0.1, 0.15) is 5.84 Å². The van der Waals surface area contributed by atoms with E-state index in [0.717, 1.165) is 41.9 Å². The molecule has 3 fully saturated rings. The van der Waals surface area contributed by atoms with Crippen molar-refractivity contribution in [1.82, 2.24) is 25.3 Å². The van der Waals surface area contributed by atoms with Gasteiger partial charge in [0.15, 0.2) is 5.69 Å². The lowest BCUT2D eigenvalue weighted by Crippen LogP contribution is -2.57. The second-order valence-corrected chi connectivity index (χ2v) is 7.68. The van der Waals surface area contributed by atoms with Gasteiger partial charge in [-0.15, -0.1) is 0 Å². The highest BCUT2D eigenvalue weighted by molar-refractivity contribution is 6.07. The van der Waals surface area contributed by atoms with Crippen molar-refractivity contribution in [2.24, 2.45) is 10.9 Å². The fraction of sp³-hybridized carbons (Fsp3) is 0.526. The quantitative estimate of drug-likeness (QED) is 0.867. The second-order valence-electron chi connectivity index (χ2n) is 7.68. The Bertz CT molecular complexity index is 879. The van der Waals surface area contributed by atoms with Crippen molar-refractivity contribution >= 4 is 22.6 Å². The highest BCUT2D eigenvalue weighted by Gasteiger charge is 2.35. The number of carbonyl (C=O) groups excluding carboxylic acids is 1. The highest BCUT2D eigenvalue weighted by Crippen LogP contribution is 2.28. The lowest BCUT2D eigenvalue weighted by atomic mass is 9.84. The molecule has 7 heteroatoms. The number of benzene rings is 1. The number of aromatic amines is 1. The molecule has 1 amide bonds. The predicted octanol–water partition coefficient (Wildman–Crippen LogP) is 1.08. The molecule has 4 aliphatic rings. The zero-order valence-electron chi connectivity index (χ0n) is 15.0. The Hall–Kier alpha value is -2.41. The van der Waals surface area contributed by atoms with Crippen molar-refractivity contribution in [3.63, 3.8) is 0 Å². The summed E-state index contributed by atoms with van der Waals surface area (Å²) in [6, 6.07) is 6.30. The molecule has 1 atom stereocenters. The largest absolute Gasteiger partial charge is 0.358 e. The van der Waals surface area contributed by atoms with Crippen molar-refractivity contribution in [2.75, 3.05) is 39.8 Å². The molecule has 7 nitrogen and oxygen atoms in total. The predicted molar refractivity (Wildman–Crippen MR) is 101 cm³/mol. The Kier molecular flexibility index (Phi) is 3.70. The number of hydrogen-bond donors (Lipinski definition) is 2. The zero-order valence-corrected chi connectivity index (χ0v) is 15.0. The number of amidine groups is 1. The normalized spacial score (nSPS) is 27.8. The van der Waals surface area contributed by atoms with Crippen LogP contribution >= 0.6 is 0 Å². The van der Waals surface area contributed by atoms with E-state index in [4.69, 9.17) is 0 Å². The van der Waals surface area contributed by atoms with E-state index in [0.29, 0.717) is 11.6 Å². The Labute approximate surface area is 152 Å². The topological polar surface area (TPSA) is 76.6 Å². The third kappa shape index (κ3) is 2.58. The number of nitrogens with one attached hydrogen (secondary N) is 2. The van der Waals surface area contributed by atoms with Gasteiger partial charge in [-0.2, -0.15) is 5.10 Å². The average Bonchev–Trinajstić information content (AvgIpc) is 3.28. The van der Waals surface area contributed by atoms with Crippen LogP contribution in [-0.2, 0) is 0 Å². The van der Waals surface area contributed by atoms with E-state index in [1.807, 2.05) is 18.2 Å². The summed E-state index contributed by atoms with van der Waals surface area (Å²) in [5.41, 5.74) is 2.43. The lowest BCUT2D eigenvalue weighted by Gasteiger charge is -2.44. The lowest BCUT2D eigenvalue weighted by molar-refractivity contribution is 0.0618. The SMILES string of the molecule is CN1CCN=C1c1ccc2c(C(=O)N[C@H]3CN4CCC3CC4)n[nH]c2c1. The van der Waals surface area contributed by atoms with Crippen molar-refractivity contribution in [3.8, 4) is 0 Å². The fourth-order valence-electron chi connectivity index (χ4n) is 4.54. The van der Waals surface area contributed by atoms with Crippen LogP contribution in [0.4, 0.5) is 0 Å². The van der Waals surface area contributed by atoms with Crippen molar-refractivity contribution in [3.05, 3.63) is 29.5 Å². The summed E-state index contributed by atoms with van der Waals surface area (Å²) in [5.74, 6) is 1.54. The number of aliphatic imine (C=N–C) groups is 1. The van der Waals surface area contributed by atoms with Crippen LogP contribution in [0.1, 0.15) is 28.9 Å². The highest BCUT2D eigenvalue weighted by atomic mass is 16.2. The van der Waals surface area contributed by atoms with Crippen molar-refractivity contribution in [1.29, 1.82) is 0 Å². The van der Waals surface area contributed by atoms with Gasteiger partial charge < -0.3 is 15.1 Å². The van der Waals surface area contributed by atoms with Crippen LogP contribution < -0.4 is 5.32 Å². The van der Waals surface area contributed by atoms with Crippen LogP contribution in [0.25, 0.3) is 10.9 Å². The van der Waals surface area contributed by atoms with Gasteiger partial charge in [-0.3, -0.25) is 14.9 Å². The molecular weight excluding hydrogens is 328 g/mol.